The first-order valence-corrected chi connectivity index (χ1v) is 10.9. The van der Waals surface area contributed by atoms with E-state index in [0.29, 0.717) is 11.1 Å². The molecule has 1 aliphatic heterocycles. The number of methoxy groups -OCH3 is 1. The van der Waals surface area contributed by atoms with Crippen LogP contribution in [0.25, 0.3) is 10.9 Å². The van der Waals surface area contributed by atoms with Crippen LogP contribution in [-0.4, -0.2) is 46.7 Å². The van der Waals surface area contributed by atoms with E-state index < -0.39 is 9.84 Å². The number of fused-ring (bicyclic) bond motifs is 1. The number of rotatable bonds is 4. The van der Waals surface area contributed by atoms with Gasteiger partial charge >= 0.3 is 0 Å². The van der Waals surface area contributed by atoms with Crippen molar-refractivity contribution in [3.8, 4) is 5.75 Å². The molecule has 142 valence electrons. The summed E-state index contributed by atoms with van der Waals surface area (Å²) in [5.74, 6) is 0.678. The number of benzene rings is 2. The van der Waals surface area contributed by atoms with Gasteiger partial charge in [-0.25, -0.2) is 8.42 Å². The zero-order valence-corrected chi connectivity index (χ0v) is 17.2. The fraction of sp³-hybridized carbons (Fsp3) is 0.263. The standard InChI is InChI=1S/C19H20BrN3O3S/c1-26-18-5-3-14(11-17(18)23-8-6-21-7-9-23)27(24,25)19-12-22-16-4-2-13(20)10-15(16)19/h2-5,10-12,21-22H,6-9H2,1H3. The monoisotopic (exact) mass is 449 g/mol. The zero-order valence-electron chi connectivity index (χ0n) is 14.8. The Bertz CT molecular complexity index is 1090. The van der Waals surface area contributed by atoms with Crippen molar-refractivity contribution in [2.75, 3.05) is 38.2 Å². The zero-order chi connectivity index (χ0) is 19.0. The van der Waals surface area contributed by atoms with E-state index in [9.17, 15) is 8.42 Å². The van der Waals surface area contributed by atoms with E-state index in [4.69, 9.17) is 4.74 Å². The lowest BCUT2D eigenvalue weighted by Gasteiger charge is -2.30. The number of H-pyrrole nitrogens is 1. The summed E-state index contributed by atoms with van der Waals surface area (Å²) in [6.45, 7) is 3.33. The van der Waals surface area contributed by atoms with Gasteiger partial charge in [0.1, 0.15) is 5.75 Å². The third-order valence-electron chi connectivity index (χ3n) is 4.81. The number of aromatic amines is 1. The van der Waals surface area contributed by atoms with Crippen molar-refractivity contribution in [1.82, 2.24) is 10.3 Å². The smallest absolute Gasteiger partial charge is 0.208 e. The van der Waals surface area contributed by atoms with Crippen molar-refractivity contribution in [3.63, 3.8) is 0 Å². The van der Waals surface area contributed by atoms with Crippen molar-refractivity contribution < 1.29 is 13.2 Å². The molecule has 0 aliphatic carbocycles. The summed E-state index contributed by atoms with van der Waals surface area (Å²) in [5, 5.41) is 3.98. The normalized spacial score (nSPS) is 15.3. The maximum Gasteiger partial charge on any atom is 0.208 e. The minimum absolute atomic E-state index is 0.262. The largest absolute Gasteiger partial charge is 0.495 e. The van der Waals surface area contributed by atoms with Crippen LogP contribution in [0.15, 0.2) is 56.9 Å². The Morgan fingerprint density at radius 1 is 1.11 bits per heavy atom. The summed E-state index contributed by atoms with van der Waals surface area (Å²) in [5.41, 5.74) is 1.59. The van der Waals surface area contributed by atoms with Gasteiger partial charge in [-0.1, -0.05) is 15.9 Å². The molecule has 2 aromatic carbocycles. The van der Waals surface area contributed by atoms with Gasteiger partial charge in [-0.3, -0.25) is 0 Å². The Hall–Kier alpha value is -2.03. The molecule has 2 N–H and O–H groups in total. The maximum atomic E-state index is 13.3. The number of hydrogen-bond donors (Lipinski definition) is 2. The second-order valence-corrected chi connectivity index (χ2v) is 9.25. The number of nitrogens with one attached hydrogen (secondary N) is 2. The predicted octanol–water partition coefficient (Wildman–Crippen LogP) is 3.18. The molecule has 0 atom stereocenters. The number of halogens is 1. The Kier molecular flexibility index (Phi) is 4.88. The van der Waals surface area contributed by atoms with Crippen LogP contribution in [-0.2, 0) is 9.84 Å². The third-order valence-corrected chi connectivity index (χ3v) is 7.10. The van der Waals surface area contributed by atoms with E-state index >= 15 is 0 Å². The minimum atomic E-state index is -3.68. The molecule has 0 amide bonds. The van der Waals surface area contributed by atoms with Crippen LogP contribution in [0.3, 0.4) is 0 Å². The number of aromatic nitrogens is 1. The molecule has 8 heteroatoms. The van der Waals surface area contributed by atoms with Crippen molar-refractivity contribution >= 4 is 42.4 Å². The lowest BCUT2D eigenvalue weighted by Crippen LogP contribution is -2.43. The molecule has 3 aromatic rings. The highest BCUT2D eigenvalue weighted by Gasteiger charge is 2.25. The van der Waals surface area contributed by atoms with Crippen molar-refractivity contribution in [2.45, 2.75) is 9.79 Å². The quantitative estimate of drug-likeness (QED) is 0.639. The topological polar surface area (TPSA) is 74.4 Å². The van der Waals surface area contributed by atoms with E-state index in [-0.39, 0.29) is 9.79 Å². The molecule has 0 spiro atoms. The lowest BCUT2D eigenvalue weighted by atomic mass is 10.2. The van der Waals surface area contributed by atoms with E-state index in [1.807, 2.05) is 18.2 Å². The highest BCUT2D eigenvalue weighted by Crippen LogP contribution is 2.35. The molecule has 0 unspecified atom stereocenters. The number of ether oxygens (including phenoxy) is 1. The molecular weight excluding hydrogens is 430 g/mol. The SMILES string of the molecule is COc1ccc(S(=O)(=O)c2c[nH]c3ccc(Br)cc23)cc1N1CCNCC1. The summed E-state index contributed by atoms with van der Waals surface area (Å²) < 4.78 is 33.0. The van der Waals surface area contributed by atoms with Crippen LogP contribution in [0.4, 0.5) is 5.69 Å². The van der Waals surface area contributed by atoms with Gasteiger partial charge in [0.05, 0.1) is 22.6 Å². The first kappa shape index (κ1) is 18.3. The number of anilines is 1. The number of nitrogens with zero attached hydrogens (tertiary/aromatic N) is 1. The first-order valence-electron chi connectivity index (χ1n) is 8.66. The average Bonchev–Trinajstić information content (AvgIpc) is 3.12. The molecular formula is C19H20BrN3O3S. The summed E-state index contributed by atoms with van der Waals surface area (Å²) in [4.78, 5) is 5.74. The van der Waals surface area contributed by atoms with Gasteiger partial charge in [-0.2, -0.15) is 0 Å². The van der Waals surface area contributed by atoms with Crippen LogP contribution in [0.2, 0.25) is 0 Å². The summed E-state index contributed by atoms with van der Waals surface area (Å²) in [6, 6.07) is 10.6. The molecule has 4 rings (SSSR count). The van der Waals surface area contributed by atoms with Gasteiger partial charge in [-0.15, -0.1) is 0 Å². The molecule has 6 nitrogen and oxygen atoms in total. The fourth-order valence-corrected chi connectivity index (χ4v) is 5.21. The van der Waals surface area contributed by atoms with Crippen molar-refractivity contribution in [1.29, 1.82) is 0 Å². The van der Waals surface area contributed by atoms with Crippen LogP contribution >= 0.6 is 15.9 Å². The molecule has 1 aliphatic rings. The second-order valence-electron chi connectivity index (χ2n) is 6.42. The molecule has 1 aromatic heterocycles. The second kappa shape index (κ2) is 7.18. The van der Waals surface area contributed by atoms with E-state index in [0.717, 1.165) is 41.9 Å². The molecule has 0 bridgehead atoms. The van der Waals surface area contributed by atoms with Crippen molar-refractivity contribution in [2.24, 2.45) is 0 Å². The Morgan fingerprint density at radius 3 is 2.63 bits per heavy atom. The number of sulfone groups is 1. The van der Waals surface area contributed by atoms with E-state index in [1.54, 1.807) is 31.5 Å². The van der Waals surface area contributed by atoms with Gasteiger partial charge in [0, 0.05) is 47.8 Å². The molecule has 0 saturated carbocycles. The van der Waals surface area contributed by atoms with Crippen LogP contribution in [0.5, 0.6) is 5.75 Å². The predicted molar refractivity (Wildman–Crippen MR) is 110 cm³/mol. The highest BCUT2D eigenvalue weighted by atomic mass is 79.9. The van der Waals surface area contributed by atoms with Crippen LogP contribution in [0.1, 0.15) is 0 Å². The highest BCUT2D eigenvalue weighted by molar-refractivity contribution is 9.10. The third kappa shape index (κ3) is 3.33. The summed E-state index contributed by atoms with van der Waals surface area (Å²) in [7, 11) is -2.07. The lowest BCUT2D eigenvalue weighted by molar-refractivity contribution is 0.412. The van der Waals surface area contributed by atoms with Crippen LogP contribution in [0, 0.1) is 0 Å². The van der Waals surface area contributed by atoms with Gasteiger partial charge in [-0.05, 0) is 36.4 Å². The van der Waals surface area contributed by atoms with Gasteiger partial charge in [0.2, 0.25) is 9.84 Å². The minimum Gasteiger partial charge on any atom is -0.495 e. The molecule has 1 saturated heterocycles. The molecule has 27 heavy (non-hydrogen) atoms. The molecule has 1 fully saturated rings. The van der Waals surface area contributed by atoms with E-state index in [1.165, 1.54) is 0 Å². The maximum absolute atomic E-state index is 13.3. The average molecular weight is 450 g/mol. The van der Waals surface area contributed by atoms with Crippen molar-refractivity contribution in [3.05, 3.63) is 47.1 Å². The fourth-order valence-electron chi connectivity index (χ4n) is 3.41. The number of hydrogen-bond acceptors (Lipinski definition) is 5. The number of piperazine rings is 1. The summed E-state index contributed by atoms with van der Waals surface area (Å²) in [6.07, 6.45) is 1.56. The van der Waals surface area contributed by atoms with Crippen LogP contribution < -0.4 is 15.0 Å². The first-order chi connectivity index (χ1) is 13.0. The van der Waals surface area contributed by atoms with E-state index in [2.05, 4.69) is 31.1 Å². The Labute approximate surface area is 166 Å². The van der Waals surface area contributed by atoms with Gasteiger partial charge in [0.15, 0.2) is 0 Å². The Balaban J connectivity index is 1.82. The summed E-state index contributed by atoms with van der Waals surface area (Å²) >= 11 is 3.42. The molecule has 0 radical (unpaired) electrons. The Morgan fingerprint density at radius 2 is 1.89 bits per heavy atom. The van der Waals surface area contributed by atoms with Gasteiger partial charge < -0.3 is 19.9 Å². The van der Waals surface area contributed by atoms with Gasteiger partial charge in [0.25, 0.3) is 0 Å². The molecule has 2 heterocycles.